The Balaban J connectivity index is 1.54. The number of rotatable bonds is 6. The number of amides is 3. The number of hydrogen-bond acceptors (Lipinski definition) is 6. The van der Waals surface area contributed by atoms with Gasteiger partial charge in [0.1, 0.15) is 5.76 Å². The van der Waals surface area contributed by atoms with Gasteiger partial charge in [-0.25, -0.2) is 0 Å². The van der Waals surface area contributed by atoms with Gasteiger partial charge in [0.2, 0.25) is 17.7 Å². The van der Waals surface area contributed by atoms with Crippen molar-refractivity contribution in [3.8, 4) is 0 Å². The number of nitrogens with zero attached hydrogens (tertiary/aromatic N) is 3. The molecule has 0 unspecified atom stereocenters. The predicted octanol–water partition coefficient (Wildman–Crippen LogP) is 3.54. The van der Waals surface area contributed by atoms with Gasteiger partial charge in [-0.3, -0.25) is 14.4 Å². The number of carbonyl (C=O) groups excluding carboxylic acids is 3. The summed E-state index contributed by atoms with van der Waals surface area (Å²) in [6.45, 7) is 3.55. The zero-order valence-corrected chi connectivity index (χ0v) is 18.9. The van der Waals surface area contributed by atoms with Gasteiger partial charge in [0.05, 0.1) is 18.5 Å². The quantitative estimate of drug-likeness (QED) is 0.617. The molecule has 0 spiro atoms. The molecule has 1 N–H and O–H groups in total. The van der Waals surface area contributed by atoms with E-state index < -0.39 is 12.0 Å². The summed E-state index contributed by atoms with van der Waals surface area (Å²) < 4.78 is 4.94. The van der Waals surface area contributed by atoms with Crippen LogP contribution in [0.15, 0.2) is 52.4 Å². The largest absolute Gasteiger partial charge is 0.360 e. The standard InChI is InChI=1S/C23H24N4O4S/c1-14-6-8-16(9-7-14)27-21(29)12-17(22(27)18-5-4-10-32-18)23(30)26(3)13-20(28)24-19-11-15(2)31-25-19/h4-11,17,22H,12-13H2,1-3H3,(H,24,25,28)/t17-,22-/m1/s1. The van der Waals surface area contributed by atoms with E-state index in [2.05, 4.69) is 10.5 Å². The Morgan fingerprint density at radius 1 is 1.25 bits per heavy atom. The Kier molecular flexibility index (Phi) is 6.09. The number of anilines is 2. The van der Waals surface area contributed by atoms with Gasteiger partial charge in [-0.15, -0.1) is 11.3 Å². The van der Waals surface area contributed by atoms with Gasteiger partial charge < -0.3 is 19.6 Å². The molecule has 1 saturated heterocycles. The van der Waals surface area contributed by atoms with Crippen molar-refractivity contribution >= 4 is 40.6 Å². The smallest absolute Gasteiger partial charge is 0.245 e. The van der Waals surface area contributed by atoms with Crippen molar-refractivity contribution in [3.05, 3.63) is 64.0 Å². The van der Waals surface area contributed by atoms with E-state index in [1.54, 1.807) is 24.9 Å². The van der Waals surface area contributed by atoms with Gasteiger partial charge in [0, 0.05) is 30.1 Å². The molecule has 1 aliphatic heterocycles. The van der Waals surface area contributed by atoms with E-state index in [1.165, 1.54) is 16.2 Å². The van der Waals surface area contributed by atoms with Crippen molar-refractivity contribution in [2.24, 2.45) is 5.92 Å². The van der Waals surface area contributed by atoms with Crippen LogP contribution in [-0.2, 0) is 14.4 Å². The van der Waals surface area contributed by atoms with Crippen LogP contribution >= 0.6 is 11.3 Å². The lowest BCUT2D eigenvalue weighted by Gasteiger charge is -2.29. The molecule has 2 aromatic heterocycles. The average Bonchev–Trinajstić information content (AvgIpc) is 3.48. The molecule has 0 radical (unpaired) electrons. The normalized spacial score (nSPS) is 18.1. The molecule has 3 aromatic rings. The number of aromatic nitrogens is 1. The molecule has 1 aromatic carbocycles. The second kappa shape index (κ2) is 8.96. The highest BCUT2D eigenvalue weighted by Crippen LogP contribution is 2.43. The van der Waals surface area contributed by atoms with Crippen LogP contribution < -0.4 is 10.2 Å². The highest BCUT2D eigenvalue weighted by atomic mass is 32.1. The molecule has 4 rings (SSSR count). The zero-order chi connectivity index (χ0) is 22.8. The second-order valence-corrected chi connectivity index (χ2v) is 8.91. The Labute approximate surface area is 189 Å². The van der Waals surface area contributed by atoms with Crippen molar-refractivity contribution in [1.29, 1.82) is 0 Å². The number of likely N-dealkylation sites (N-methyl/N-ethyl adjacent to an activating group) is 1. The first-order chi connectivity index (χ1) is 15.3. The van der Waals surface area contributed by atoms with E-state index in [1.807, 2.05) is 48.7 Å². The van der Waals surface area contributed by atoms with Gasteiger partial charge in [-0.2, -0.15) is 0 Å². The molecule has 8 nitrogen and oxygen atoms in total. The molecule has 3 heterocycles. The number of thiophene rings is 1. The fourth-order valence-corrected chi connectivity index (χ4v) is 4.82. The number of hydrogen-bond donors (Lipinski definition) is 1. The van der Waals surface area contributed by atoms with Crippen LogP contribution in [-0.4, -0.2) is 41.4 Å². The predicted molar refractivity (Wildman–Crippen MR) is 121 cm³/mol. The van der Waals surface area contributed by atoms with E-state index >= 15 is 0 Å². The maximum absolute atomic E-state index is 13.4. The average molecular weight is 453 g/mol. The molecule has 166 valence electrons. The monoisotopic (exact) mass is 452 g/mol. The Hall–Kier alpha value is -3.46. The number of nitrogens with one attached hydrogen (secondary N) is 1. The first-order valence-corrected chi connectivity index (χ1v) is 11.1. The van der Waals surface area contributed by atoms with Crippen molar-refractivity contribution in [2.75, 3.05) is 23.8 Å². The van der Waals surface area contributed by atoms with Crippen molar-refractivity contribution in [2.45, 2.75) is 26.3 Å². The third-order valence-corrected chi connectivity index (χ3v) is 6.38. The van der Waals surface area contributed by atoms with Gasteiger partial charge in [-0.05, 0) is 37.4 Å². The minimum absolute atomic E-state index is 0.0870. The van der Waals surface area contributed by atoms with Crippen molar-refractivity contribution in [3.63, 3.8) is 0 Å². The minimum atomic E-state index is -0.588. The number of carbonyl (C=O) groups is 3. The van der Waals surface area contributed by atoms with Crippen LogP contribution in [0.1, 0.15) is 28.7 Å². The Bertz CT molecular complexity index is 1120. The summed E-state index contributed by atoms with van der Waals surface area (Å²) in [5, 5.41) is 8.28. The van der Waals surface area contributed by atoms with E-state index in [0.717, 1.165) is 16.1 Å². The van der Waals surface area contributed by atoms with Crippen molar-refractivity contribution in [1.82, 2.24) is 10.1 Å². The molecule has 1 fully saturated rings. The third kappa shape index (κ3) is 4.43. The van der Waals surface area contributed by atoms with Crippen LogP contribution in [0.3, 0.4) is 0 Å². The molecular formula is C23H24N4O4S. The highest BCUT2D eigenvalue weighted by Gasteiger charge is 2.46. The van der Waals surface area contributed by atoms with Gasteiger partial charge >= 0.3 is 0 Å². The van der Waals surface area contributed by atoms with Crippen LogP contribution in [0.25, 0.3) is 0 Å². The summed E-state index contributed by atoms with van der Waals surface area (Å²) >= 11 is 1.51. The molecule has 32 heavy (non-hydrogen) atoms. The van der Waals surface area contributed by atoms with Gasteiger partial charge in [-0.1, -0.05) is 28.9 Å². The summed E-state index contributed by atoms with van der Waals surface area (Å²) in [4.78, 5) is 42.8. The maximum Gasteiger partial charge on any atom is 0.245 e. The molecule has 1 aliphatic rings. The van der Waals surface area contributed by atoms with Crippen LogP contribution in [0, 0.1) is 19.8 Å². The van der Waals surface area contributed by atoms with E-state index in [4.69, 9.17) is 4.52 Å². The molecule has 0 bridgehead atoms. The summed E-state index contributed by atoms with van der Waals surface area (Å²) in [7, 11) is 1.57. The second-order valence-electron chi connectivity index (χ2n) is 7.94. The molecule has 0 aliphatic carbocycles. The maximum atomic E-state index is 13.4. The third-order valence-electron chi connectivity index (χ3n) is 5.44. The lowest BCUT2D eigenvalue weighted by atomic mass is 9.97. The summed E-state index contributed by atoms with van der Waals surface area (Å²) in [6, 6.07) is 12.7. The summed E-state index contributed by atoms with van der Waals surface area (Å²) in [5.74, 6) is -0.467. The van der Waals surface area contributed by atoms with Crippen LogP contribution in [0.4, 0.5) is 11.5 Å². The van der Waals surface area contributed by atoms with Gasteiger partial charge in [0.25, 0.3) is 0 Å². The minimum Gasteiger partial charge on any atom is -0.360 e. The topological polar surface area (TPSA) is 95.8 Å². The van der Waals surface area contributed by atoms with Crippen LogP contribution in [0.5, 0.6) is 0 Å². The van der Waals surface area contributed by atoms with E-state index in [0.29, 0.717) is 11.6 Å². The molecule has 9 heteroatoms. The molecule has 3 amide bonds. The Morgan fingerprint density at radius 2 is 2.00 bits per heavy atom. The molecular weight excluding hydrogens is 428 g/mol. The first-order valence-electron chi connectivity index (χ1n) is 10.2. The first kappa shape index (κ1) is 21.8. The van der Waals surface area contributed by atoms with Gasteiger partial charge in [0.15, 0.2) is 5.82 Å². The van der Waals surface area contributed by atoms with Crippen LogP contribution in [0.2, 0.25) is 0 Å². The number of benzene rings is 1. The highest BCUT2D eigenvalue weighted by molar-refractivity contribution is 7.10. The van der Waals surface area contributed by atoms with Crippen molar-refractivity contribution < 1.29 is 18.9 Å². The lowest BCUT2D eigenvalue weighted by Crippen LogP contribution is -2.40. The number of aryl methyl sites for hydroxylation is 2. The lowest BCUT2D eigenvalue weighted by molar-refractivity contribution is -0.137. The fraction of sp³-hybridized carbons (Fsp3) is 0.304. The zero-order valence-electron chi connectivity index (χ0n) is 18.1. The Morgan fingerprint density at radius 3 is 2.62 bits per heavy atom. The molecule has 0 saturated carbocycles. The summed E-state index contributed by atoms with van der Waals surface area (Å²) in [6.07, 6.45) is 0.0870. The summed E-state index contributed by atoms with van der Waals surface area (Å²) in [5.41, 5.74) is 1.85. The SMILES string of the molecule is Cc1ccc(N2C(=O)C[C@@H](C(=O)N(C)CC(=O)Nc3cc(C)on3)[C@@H]2c2cccs2)cc1. The van der Waals surface area contributed by atoms with E-state index in [-0.39, 0.29) is 30.7 Å². The van der Waals surface area contributed by atoms with E-state index in [9.17, 15) is 14.4 Å². The fourth-order valence-electron chi connectivity index (χ4n) is 3.93. The molecule has 2 atom stereocenters.